The number of rotatable bonds is 22. The van der Waals surface area contributed by atoms with E-state index < -0.39 is 52.6 Å². The van der Waals surface area contributed by atoms with E-state index in [-0.39, 0.29) is 75.5 Å². The molecule has 16 nitrogen and oxygen atoms in total. The molecule has 6 amide bonds. The summed E-state index contributed by atoms with van der Waals surface area (Å²) in [5.41, 5.74) is 1.50. The second kappa shape index (κ2) is 27.3. The van der Waals surface area contributed by atoms with Gasteiger partial charge < -0.3 is 30.4 Å². The summed E-state index contributed by atoms with van der Waals surface area (Å²) >= 11 is 0. The van der Waals surface area contributed by atoms with Gasteiger partial charge in [0.1, 0.15) is 29.5 Å². The minimum absolute atomic E-state index is 0.0207. The summed E-state index contributed by atoms with van der Waals surface area (Å²) in [6, 6.07) is 10.7. The van der Waals surface area contributed by atoms with Crippen molar-refractivity contribution < 1.29 is 33.2 Å². The topological polar surface area (TPSA) is 197 Å². The summed E-state index contributed by atoms with van der Waals surface area (Å²) in [6.07, 6.45) is 21.9. The van der Waals surface area contributed by atoms with Crippen molar-refractivity contribution in [2.75, 3.05) is 39.3 Å². The van der Waals surface area contributed by atoms with Crippen molar-refractivity contribution in [3.8, 4) is 0 Å². The van der Waals surface area contributed by atoms with Gasteiger partial charge in [-0.15, -0.1) is 0 Å². The Labute approximate surface area is 454 Å². The standard InChI is InChI=1S/C60H83FN10O6/c1-3-14-53(72)59(46-18-10-6-11-19-46)28-34-68(35-29-59)55(74)51(38-44-16-8-5-9-17-44)70(57(76)64-32-26-49-40-62-42-66-49)71(58(77)65-33-27-50-41-63-43-67-50)52(39-45-22-24-48(61)25-23-45)56(75)69-36-30-60(31-37-69,54(73)15-4-2)47-20-12-7-13-21-47/h5,8-9,16-17,22-25,40-43,46-47,51-52H,3-4,6-7,10-15,18-21,26-39H2,1-2H3,(H,62,66)(H,63,67)(H,64,76)(H,65,77)/t51-,52-/m1/s1. The Bertz CT molecular complexity index is 2510. The average Bonchev–Trinajstić information content (AvgIpc) is 4.21. The van der Waals surface area contributed by atoms with Gasteiger partial charge in [0.05, 0.1) is 24.0 Å². The SMILES string of the molecule is CCCC(=O)C1(C2CCCCC2)CCN(C(=O)[C@@H](Cc2ccccc2)N(C(=O)NCCc2c[nH]cn2)N(C(=O)NCCc2c[nH]cn2)[C@H](Cc2ccc(F)cc2)C(=O)N2CCC(C(=O)CCC)(C3CCCCC3)CC2)CC1. The number of hydrogen-bond donors (Lipinski definition) is 4. The van der Waals surface area contributed by atoms with Gasteiger partial charge >= 0.3 is 12.1 Å². The number of aromatic amines is 2. The molecular formula is C60H83FN10O6. The van der Waals surface area contributed by atoms with Crippen molar-refractivity contribution in [3.05, 3.63) is 108 Å². The quantitative estimate of drug-likeness (QED) is 0.0559. The van der Waals surface area contributed by atoms with Gasteiger partial charge in [-0.25, -0.2) is 34.0 Å². The maximum atomic E-state index is 16.0. The third-order valence-corrected chi connectivity index (χ3v) is 17.6. The summed E-state index contributed by atoms with van der Waals surface area (Å²) in [5.74, 6) is -0.379. The van der Waals surface area contributed by atoms with Gasteiger partial charge in [0.2, 0.25) is 11.8 Å². The van der Waals surface area contributed by atoms with Crippen molar-refractivity contribution in [1.82, 2.24) is 50.4 Å². The molecular weight excluding hydrogens is 976 g/mol. The zero-order valence-corrected chi connectivity index (χ0v) is 45.6. The summed E-state index contributed by atoms with van der Waals surface area (Å²) in [5, 5.41) is 8.40. The number of H-pyrrole nitrogens is 2. The molecule has 0 spiro atoms. The number of piperidine rings is 2. The number of likely N-dealkylation sites (tertiary alicyclic amines) is 2. The number of urea groups is 2. The van der Waals surface area contributed by atoms with Crippen LogP contribution >= 0.6 is 0 Å². The molecule has 4 heterocycles. The summed E-state index contributed by atoms with van der Waals surface area (Å²) in [4.78, 5) is 110. The number of ketones is 2. The lowest BCUT2D eigenvalue weighted by atomic mass is 9.61. The number of nitrogens with zero attached hydrogens (tertiary/aromatic N) is 6. The Morgan fingerprint density at radius 1 is 0.597 bits per heavy atom. The molecule has 2 aliphatic heterocycles. The Kier molecular flexibility index (Phi) is 20.1. The minimum Gasteiger partial charge on any atom is -0.351 e. The van der Waals surface area contributed by atoms with E-state index in [1.54, 1.807) is 47.0 Å². The average molecular weight is 1060 g/mol. The van der Waals surface area contributed by atoms with Crippen molar-refractivity contribution in [2.45, 2.75) is 167 Å². The molecule has 17 heteroatoms. The summed E-state index contributed by atoms with van der Waals surface area (Å²) in [7, 11) is 0. The van der Waals surface area contributed by atoms with E-state index in [0.717, 1.165) is 87.6 Å². The number of aromatic nitrogens is 4. The molecule has 2 aromatic heterocycles. The zero-order valence-electron chi connectivity index (χ0n) is 45.6. The molecule has 4 N–H and O–H groups in total. The second-order valence-electron chi connectivity index (χ2n) is 22.3. The number of Topliss-reactive ketones (excluding diaryl/α,β-unsaturated/α-hetero) is 2. The molecule has 2 aliphatic carbocycles. The summed E-state index contributed by atoms with van der Waals surface area (Å²) in [6.45, 7) is 5.29. The van der Waals surface area contributed by atoms with E-state index in [9.17, 15) is 14.0 Å². The van der Waals surface area contributed by atoms with E-state index in [4.69, 9.17) is 0 Å². The first kappa shape index (κ1) is 56.8. The molecule has 416 valence electrons. The van der Waals surface area contributed by atoms with Crippen LogP contribution in [0.2, 0.25) is 0 Å². The van der Waals surface area contributed by atoms with E-state index in [0.29, 0.717) is 68.3 Å². The minimum atomic E-state index is -1.44. The molecule has 0 bridgehead atoms. The van der Waals surface area contributed by atoms with E-state index >= 15 is 19.2 Å². The highest BCUT2D eigenvalue weighted by Crippen LogP contribution is 2.49. The third kappa shape index (κ3) is 13.8. The van der Waals surface area contributed by atoms with Gasteiger partial charge in [0.15, 0.2) is 0 Å². The predicted octanol–water partition coefficient (Wildman–Crippen LogP) is 9.33. The molecule has 77 heavy (non-hydrogen) atoms. The first-order valence-corrected chi connectivity index (χ1v) is 29.0. The number of hydrogen-bond acceptors (Lipinski definition) is 8. The number of carbonyl (C=O) groups excluding carboxylic acids is 6. The highest BCUT2D eigenvalue weighted by atomic mass is 19.1. The van der Waals surface area contributed by atoms with Gasteiger partial charge in [0, 0.05) is 101 Å². The normalized spacial score (nSPS) is 18.7. The highest BCUT2D eigenvalue weighted by Gasteiger charge is 2.52. The van der Waals surface area contributed by atoms with Crippen molar-refractivity contribution in [1.29, 1.82) is 0 Å². The molecule has 4 aromatic rings. The van der Waals surface area contributed by atoms with Crippen LogP contribution in [0.4, 0.5) is 14.0 Å². The number of imidazole rings is 2. The van der Waals surface area contributed by atoms with Crippen LogP contribution in [0.25, 0.3) is 0 Å². The van der Waals surface area contributed by atoms with E-state index in [2.05, 4.69) is 30.6 Å². The molecule has 4 fully saturated rings. The van der Waals surface area contributed by atoms with E-state index in [1.165, 1.54) is 17.1 Å². The number of hydrazine groups is 1. The first-order chi connectivity index (χ1) is 37.5. The van der Waals surface area contributed by atoms with Crippen LogP contribution in [0.1, 0.15) is 152 Å². The fourth-order valence-electron chi connectivity index (χ4n) is 13.4. The first-order valence-electron chi connectivity index (χ1n) is 29.0. The van der Waals surface area contributed by atoms with Crippen molar-refractivity contribution >= 4 is 35.4 Å². The number of carbonyl (C=O) groups is 6. The smallest absolute Gasteiger partial charge is 0.337 e. The molecule has 2 saturated heterocycles. The lowest BCUT2D eigenvalue weighted by Gasteiger charge is -2.50. The maximum absolute atomic E-state index is 16.0. The van der Waals surface area contributed by atoms with Crippen molar-refractivity contribution in [3.63, 3.8) is 0 Å². The van der Waals surface area contributed by atoms with E-state index in [1.807, 2.05) is 44.2 Å². The van der Waals surface area contributed by atoms with Crippen LogP contribution in [-0.2, 0) is 44.9 Å². The zero-order chi connectivity index (χ0) is 54.2. The Hall–Kier alpha value is -6.39. The second-order valence-corrected chi connectivity index (χ2v) is 22.3. The van der Waals surface area contributed by atoms with Crippen LogP contribution in [-0.4, -0.2) is 127 Å². The summed E-state index contributed by atoms with van der Waals surface area (Å²) < 4.78 is 14.7. The van der Waals surface area contributed by atoms with Crippen LogP contribution in [0.5, 0.6) is 0 Å². The Morgan fingerprint density at radius 3 is 1.38 bits per heavy atom. The lowest BCUT2D eigenvalue weighted by Crippen LogP contribution is -2.69. The molecule has 8 rings (SSSR count). The molecule has 2 atom stereocenters. The van der Waals surface area contributed by atoms with Crippen LogP contribution < -0.4 is 10.6 Å². The van der Waals surface area contributed by atoms with Gasteiger partial charge in [-0.2, -0.15) is 0 Å². The fourth-order valence-corrected chi connectivity index (χ4v) is 13.4. The van der Waals surface area contributed by atoms with Crippen LogP contribution in [0.15, 0.2) is 79.6 Å². The van der Waals surface area contributed by atoms with Crippen LogP contribution in [0.3, 0.4) is 0 Å². The number of amides is 6. The molecule has 2 aromatic carbocycles. The predicted molar refractivity (Wildman–Crippen MR) is 292 cm³/mol. The molecule has 2 saturated carbocycles. The Balaban J connectivity index is 1.22. The van der Waals surface area contributed by atoms with Gasteiger partial charge in [-0.1, -0.05) is 94.8 Å². The lowest BCUT2D eigenvalue weighted by molar-refractivity contribution is -0.155. The number of benzene rings is 2. The fraction of sp³-hybridized carbons (Fsp3) is 0.600. The monoisotopic (exact) mass is 1060 g/mol. The van der Waals surface area contributed by atoms with Crippen LogP contribution in [0, 0.1) is 28.5 Å². The maximum Gasteiger partial charge on any atom is 0.337 e. The van der Waals surface area contributed by atoms with Gasteiger partial charge in [-0.05, 0) is 99.3 Å². The largest absolute Gasteiger partial charge is 0.351 e. The third-order valence-electron chi connectivity index (χ3n) is 17.6. The van der Waals surface area contributed by atoms with Gasteiger partial charge in [0.25, 0.3) is 0 Å². The Morgan fingerprint density at radius 2 is 1.00 bits per heavy atom. The number of nitrogens with one attached hydrogen (secondary N) is 4. The van der Waals surface area contributed by atoms with Crippen molar-refractivity contribution in [2.24, 2.45) is 22.7 Å². The number of halogens is 1. The highest BCUT2D eigenvalue weighted by molar-refractivity contribution is 5.93. The molecule has 0 unspecified atom stereocenters. The molecule has 0 radical (unpaired) electrons. The molecule has 4 aliphatic rings. The van der Waals surface area contributed by atoms with Gasteiger partial charge in [-0.3, -0.25) is 19.2 Å².